The molecule has 55 heavy (non-hydrogen) atoms. The average molecular weight is 801 g/mol. The maximum absolute atomic E-state index is 12.7. The van der Waals surface area contributed by atoms with E-state index in [9.17, 15) is 44.6 Å². The number of phosphoric ester groups is 1. The van der Waals surface area contributed by atoms with Crippen LogP contribution in [0.15, 0.2) is 60.8 Å². The molecule has 14 heteroatoms. The van der Waals surface area contributed by atoms with E-state index in [4.69, 9.17) is 18.5 Å². The number of carbonyl (C=O) groups excluding carboxylic acids is 2. The summed E-state index contributed by atoms with van der Waals surface area (Å²) in [5.41, 5.74) is 0. The molecule has 0 heterocycles. The Labute approximate surface area is 328 Å². The van der Waals surface area contributed by atoms with Crippen molar-refractivity contribution >= 4 is 19.8 Å². The van der Waals surface area contributed by atoms with Gasteiger partial charge in [0.15, 0.2) is 6.10 Å². The summed E-state index contributed by atoms with van der Waals surface area (Å²) in [6, 6.07) is 0. The molecular weight excluding hydrogens is 731 g/mol. The van der Waals surface area contributed by atoms with E-state index in [1.807, 2.05) is 18.2 Å². The van der Waals surface area contributed by atoms with E-state index in [0.29, 0.717) is 19.3 Å². The molecule has 6 N–H and O–H groups in total. The molecule has 1 saturated carbocycles. The van der Waals surface area contributed by atoms with Crippen molar-refractivity contribution in [2.45, 2.75) is 172 Å². The van der Waals surface area contributed by atoms with Crippen molar-refractivity contribution in [1.82, 2.24) is 0 Å². The molecule has 0 bridgehead atoms. The smallest absolute Gasteiger partial charge is 0.462 e. The van der Waals surface area contributed by atoms with Crippen LogP contribution in [-0.2, 0) is 32.7 Å². The van der Waals surface area contributed by atoms with Crippen LogP contribution in [-0.4, -0.2) is 98.3 Å². The van der Waals surface area contributed by atoms with E-state index in [-0.39, 0.29) is 12.8 Å². The zero-order valence-corrected chi connectivity index (χ0v) is 33.8. The van der Waals surface area contributed by atoms with Crippen LogP contribution >= 0.6 is 7.82 Å². The molecule has 8 atom stereocenters. The van der Waals surface area contributed by atoms with E-state index < -0.39 is 75.7 Å². The first-order valence-electron chi connectivity index (χ1n) is 20.1. The van der Waals surface area contributed by atoms with E-state index in [2.05, 4.69) is 56.4 Å². The van der Waals surface area contributed by atoms with E-state index >= 15 is 0 Å². The lowest BCUT2D eigenvalue weighted by atomic mass is 9.85. The lowest BCUT2D eigenvalue weighted by molar-refractivity contribution is -0.220. The first-order chi connectivity index (χ1) is 26.4. The number of hydrogen-bond acceptors (Lipinski definition) is 12. The van der Waals surface area contributed by atoms with Crippen LogP contribution in [0.2, 0.25) is 0 Å². The summed E-state index contributed by atoms with van der Waals surface area (Å²) < 4.78 is 33.1. The summed E-state index contributed by atoms with van der Waals surface area (Å²) in [5, 5.41) is 49.9. The van der Waals surface area contributed by atoms with E-state index in [1.54, 1.807) is 0 Å². The van der Waals surface area contributed by atoms with E-state index in [0.717, 1.165) is 64.2 Å². The van der Waals surface area contributed by atoms with Gasteiger partial charge in [0, 0.05) is 12.8 Å². The van der Waals surface area contributed by atoms with Gasteiger partial charge in [-0.3, -0.25) is 18.6 Å². The maximum atomic E-state index is 12.7. The van der Waals surface area contributed by atoms with Gasteiger partial charge in [-0.05, 0) is 51.4 Å². The van der Waals surface area contributed by atoms with Gasteiger partial charge in [0.1, 0.15) is 43.2 Å². The van der Waals surface area contributed by atoms with Crippen molar-refractivity contribution in [3.63, 3.8) is 0 Å². The van der Waals surface area contributed by atoms with Gasteiger partial charge in [-0.15, -0.1) is 0 Å². The second-order valence-electron chi connectivity index (χ2n) is 13.8. The summed E-state index contributed by atoms with van der Waals surface area (Å²) >= 11 is 0. The Morgan fingerprint density at radius 3 is 1.56 bits per heavy atom. The molecule has 316 valence electrons. The zero-order valence-electron chi connectivity index (χ0n) is 32.9. The van der Waals surface area contributed by atoms with Gasteiger partial charge in [0.05, 0.1) is 6.61 Å². The van der Waals surface area contributed by atoms with Crippen molar-refractivity contribution in [2.75, 3.05) is 13.2 Å². The molecule has 1 aliphatic rings. The number of allylic oxidation sites excluding steroid dienone is 10. The molecule has 0 aromatic carbocycles. The topological polar surface area (TPSA) is 210 Å². The molecule has 1 aliphatic carbocycles. The Morgan fingerprint density at radius 1 is 0.564 bits per heavy atom. The van der Waals surface area contributed by atoms with Crippen LogP contribution in [0.5, 0.6) is 0 Å². The van der Waals surface area contributed by atoms with Gasteiger partial charge < -0.3 is 39.9 Å². The predicted octanol–water partition coefficient (Wildman–Crippen LogP) is 6.60. The number of esters is 2. The third kappa shape index (κ3) is 24.7. The Kier molecular flexibility index (Phi) is 29.1. The molecule has 1 fully saturated rings. The molecule has 0 aromatic heterocycles. The predicted molar refractivity (Wildman–Crippen MR) is 212 cm³/mol. The Morgan fingerprint density at radius 2 is 1.02 bits per heavy atom. The lowest BCUT2D eigenvalue weighted by Gasteiger charge is -2.41. The molecule has 0 aliphatic heterocycles. The minimum atomic E-state index is -5.12. The second-order valence-corrected chi connectivity index (χ2v) is 15.2. The number of aliphatic hydroxyl groups is 5. The van der Waals surface area contributed by atoms with Crippen molar-refractivity contribution < 1.29 is 63.1 Å². The monoisotopic (exact) mass is 800 g/mol. The molecule has 0 aromatic rings. The molecule has 0 amide bonds. The van der Waals surface area contributed by atoms with Gasteiger partial charge in [0.25, 0.3) is 0 Å². The number of ether oxygens (including phenoxy) is 2. The summed E-state index contributed by atoms with van der Waals surface area (Å²) in [7, 11) is -5.12. The number of unbranched alkanes of at least 4 members (excludes halogenated alkanes) is 9. The third-order valence-electron chi connectivity index (χ3n) is 8.88. The normalized spacial score (nSPS) is 23.7. The fourth-order valence-electron chi connectivity index (χ4n) is 5.56. The summed E-state index contributed by atoms with van der Waals surface area (Å²) in [6.07, 6.45) is 23.4. The molecule has 6 unspecified atom stereocenters. The van der Waals surface area contributed by atoms with Crippen molar-refractivity contribution in [1.29, 1.82) is 0 Å². The van der Waals surface area contributed by atoms with Gasteiger partial charge in [-0.1, -0.05) is 126 Å². The van der Waals surface area contributed by atoms with Crippen LogP contribution < -0.4 is 0 Å². The highest BCUT2D eigenvalue weighted by Gasteiger charge is 2.51. The number of carbonyl (C=O) groups is 2. The summed E-state index contributed by atoms with van der Waals surface area (Å²) in [4.78, 5) is 35.3. The molecule has 1 rings (SSSR count). The van der Waals surface area contributed by atoms with Gasteiger partial charge in [0.2, 0.25) is 0 Å². The van der Waals surface area contributed by atoms with Crippen molar-refractivity contribution in [3.05, 3.63) is 60.8 Å². The SMILES string of the molecule is CCCCC/C=C/C/C=C/C/C=C/C/C=C/C/C=C/CCC(=O)OC[C@@H](COP(=O)(O)OC1C(O)C(O)C(O)[C@H](O)C1O)OC(=O)CCCCCCCCC. The van der Waals surface area contributed by atoms with Crippen LogP contribution in [0.25, 0.3) is 0 Å². The highest BCUT2D eigenvalue weighted by atomic mass is 31.2. The quantitative estimate of drug-likeness (QED) is 0.0189. The first-order valence-corrected chi connectivity index (χ1v) is 21.6. The summed E-state index contributed by atoms with van der Waals surface area (Å²) in [6.45, 7) is 3.10. The Hall–Kier alpha value is -2.45. The van der Waals surface area contributed by atoms with E-state index in [1.165, 1.54) is 19.3 Å². The number of hydrogen-bond donors (Lipinski definition) is 6. The van der Waals surface area contributed by atoms with Gasteiger partial charge in [-0.25, -0.2) is 4.57 Å². The van der Waals surface area contributed by atoms with Gasteiger partial charge in [-0.2, -0.15) is 0 Å². The average Bonchev–Trinajstić information content (AvgIpc) is 3.16. The number of aliphatic hydroxyl groups excluding tert-OH is 5. The Balaban J connectivity index is 2.52. The van der Waals surface area contributed by atoms with Crippen LogP contribution in [0.4, 0.5) is 0 Å². The number of rotatable bonds is 31. The largest absolute Gasteiger partial charge is 0.472 e. The standard InChI is InChI=1S/C41H69O13P/c1-3-5-7-9-11-12-13-14-15-16-17-18-19-20-21-22-24-25-27-29-34(42)51-31-33(53-35(43)30-28-26-23-10-8-6-4-2)32-52-55(49,50)54-41-39(47)37(45)36(44)38(46)40(41)48/h11-12,14-15,17-18,20-21,24-25,33,36-41,44-48H,3-10,13,16,19,22-23,26-32H2,1-2H3,(H,49,50)/b12-11+,15-14+,18-17+,21-20+,25-24+/t33-,36?,37-,38?,39?,40?,41?/m0/s1. The molecule has 0 saturated heterocycles. The van der Waals surface area contributed by atoms with Crippen LogP contribution in [0.3, 0.4) is 0 Å². The minimum absolute atomic E-state index is 0.0419. The first kappa shape index (κ1) is 50.6. The van der Waals surface area contributed by atoms with Crippen LogP contribution in [0, 0.1) is 0 Å². The van der Waals surface area contributed by atoms with Crippen molar-refractivity contribution in [2.24, 2.45) is 0 Å². The lowest BCUT2D eigenvalue weighted by Crippen LogP contribution is -2.64. The molecule has 0 radical (unpaired) electrons. The molecule has 0 spiro atoms. The highest BCUT2D eigenvalue weighted by molar-refractivity contribution is 7.47. The number of phosphoric acid groups is 1. The van der Waals surface area contributed by atoms with Gasteiger partial charge >= 0.3 is 19.8 Å². The fraction of sp³-hybridized carbons (Fsp3) is 0.707. The third-order valence-corrected chi connectivity index (χ3v) is 9.86. The fourth-order valence-corrected chi connectivity index (χ4v) is 6.53. The Bertz CT molecular complexity index is 1200. The molecular formula is C41H69O13P. The van der Waals surface area contributed by atoms with Crippen LogP contribution in [0.1, 0.15) is 129 Å². The minimum Gasteiger partial charge on any atom is -0.462 e. The maximum Gasteiger partial charge on any atom is 0.472 e. The van der Waals surface area contributed by atoms with Crippen molar-refractivity contribution in [3.8, 4) is 0 Å². The summed E-state index contributed by atoms with van der Waals surface area (Å²) in [5.74, 6) is -1.21. The second kappa shape index (κ2) is 31.6. The highest BCUT2D eigenvalue weighted by Crippen LogP contribution is 2.47. The zero-order chi connectivity index (χ0) is 40.7. The molecule has 13 nitrogen and oxygen atoms in total.